The van der Waals surface area contributed by atoms with Crippen LogP contribution in [0, 0.1) is 5.41 Å². The number of amides is 2. The summed E-state index contributed by atoms with van der Waals surface area (Å²) in [6.45, 7) is 7.97. The Morgan fingerprint density at radius 2 is 2.05 bits per heavy atom. The van der Waals surface area contributed by atoms with E-state index in [0.29, 0.717) is 6.61 Å². The van der Waals surface area contributed by atoms with Gasteiger partial charge in [-0.2, -0.15) is 4.98 Å². The van der Waals surface area contributed by atoms with Crippen molar-refractivity contribution in [3.05, 3.63) is 0 Å². The van der Waals surface area contributed by atoms with Gasteiger partial charge in [0.25, 0.3) is 0 Å². The lowest BCUT2D eigenvalue weighted by Crippen LogP contribution is -2.36. The molecule has 0 aliphatic rings. The Labute approximate surface area is 117 Å². The van der Waals surface area contributed by atoms with E-state index in [1.165, 1.54) is 0 Å². The molecule has 0 spiro atoms. The highest BCUT2D eigenvalue weighted by molar-refractivity contribution is 5.89. The molecule has 0 aliphatic carbocycles. The maximum atomic E-state index is 11.6. The van der Waals surface area contributed by atoms with E-state index in [1.54, 1.807) is 0 Å². The average molecular weight is 283 g/mol. The summed E-state index contributed by atoms with van der Waals surface area (Å²) in [6.07, 6.45) is 0.159. The van der Waals surface area contributed by atoms with Crippen LogP contribution >= 0.6 is 0 Å². The summed E-state index contributed by atoms with van der Waals surface area (Å²) < 4.78 is 5.06. The number of hydrogen-bond acceptors (Lipinski definition) is 5. The molecule has 0 saturated carbocycles. The molecule has 1 heterocycles. The van der Waals surface area contributed by atoms with Crippen LogP contribution in [0.4, 0.5) is 5.95 Å². The molecule has 0 fully saturated rings. The van der Waals surface area contributed by atoms with Gasteiger partial charge in [-0.3, -0.25) is 14.9 Å². The van der Waals surface area contributed by atoms with Gasteiger partial charge < -0.3 is 10.1 Å². The van der Waals surface area contributed by atoms with Gasteiger partial charge in [-0.25, -0.2) is 5.10 Å². The summed E-state index contributed by atoms with van der Waals surface area (Å²) in [4.78, 5) is 27.1. The van der Waals surface area contributed by atoms with Gasteiger partial charge in [-0.05, 0) is 6.92 Å². The minimum atomic E-state index is -0.464. The monoisotopic (exact) mass is 283 g/mol. The smallest absolute Gasteiger partial charge is 0.337 e. The zero-order valence-corrected chi connectivity index (χ0v) is 12.2. The predicted molar refractivity (Wildman–Crippen MR) is 73.3 cm³/mol. The van der Waals surface area contributed by atoms with E-state index in [1.807, 2.05) is 27.7 Å². The van der Waals surface area contributed by atoms with Crippen LogP contribution < -0.4 is 15.4 Å². The zero-order chi connectivity index (χ0) is 15.2. The topological polar surface area (TPSA) is 109 Å². The fourth-order valence-corrected chi connectivity index (χ4v) is 1.25. The summed E-state index contributed by atoms with van der Waals surface area (Å²) in [5.41, 5.74) is -0.464. The Morgan fingerprint density at radius 3 is 2.65 bits per heavy atom. The van der Waals surface area contributed by atoms with Crippen molar-refractivity contribution in [3.63, 3.8) is 0 Å². The van der Waals surface area contributed by atoms with Crippen LogP contribution in [0.15, 0.2) is 0 Å². The molecule has 3 N–H and O–H groups in total. The summed E-state index contributed by atoms with van der Waals surface area (Å²) in [6, 6.07) is 0.184. The lowest BCUT2D eigenvalue weighted by Gasteiger charge is -2.17. The van der Waals surface area contributed by atoms with Gasteiger partial charge in [0.2, 0.25) is 17.8 Å². The lowest BCUT2D eigenvalue weighted by atomic mass is 9.96. The third-order valence-electron chi connectivity index (χ3n) is 2.31. The number of nitrogens with zero attached hydrogens (tertiary/aromatic N) is 2. The number of carbonyl (C=O) groups excluding carboxylic acids is 2. The molecule has 0 radical (unpaired) electrons. The molecular formula is C12H21N5O3. The summed E-state index contributed by atoms with van der Waals surface area (Å²) >= 11 is 0. The van der Waals surface area contributed by atoms with Crippen LogP contribution in [0.2, 0.25) is 0 Å². The Kier molecular flexibility index (Phi) is 5.48. The molecule has 8 nitrogen and oxygen atoms in total. The summed E-state index contributed by atoms with van der Waals surface area (Å²) in [7, 11) is 0. The number of carbonyl (C=O) groups is 2. The van der Waals surface area contributed by atoms with E-state index in [4.69, 9.17) is 4.74 Å². The van der Waals surface area contributed by atoms with E-state index in [-0.39, 0.29) is 36.7 Å². The number of nitrogens with one attached hydrogen (secondary N) is 3. The van der Waals surface area contributed by atoms with Crippen LogP contribution in [0.1, 0.15) is 34.1 Å². The summed E-state index contributed by atoms with van der Waals surface area (Å²) in [5, 5.41) is 11.5. The first-order chi connectivity index (χ1) is 9.32. The van der Waals surface area contributed by atoms with E-state index < -0.39 is 5.41 Å². The molecule has 1 rings (SSSR count). The molecule has 8 heteroatoms. The normalized spacial score (nSPS) is 11.0. The van der Waals surface area contributed by atoms with Gasteiger partial charge in [0.05, 0.1) is 6.61 Å². The zero-order valence-electron chi connectivity index (χ0n) is 12.2. The Hall–Kier alpha value is -2.12. The number of hydrogen-bond donors (Lipinski definition) is 3. The minimum Gasteiger partial charge on any atom is -0.463 e. The molecule has 0 bridgehead atoms. The maximum Gasteiger partial charge on any atom is 0.337 e. The number of anilines is 1. The van der Waals surface area contributed by atoms with Crippen LogP contribution in [-0.2, 0) is 9.59 Å². The molecular weight excluding hydrogens is 262 g/mol. The third-order valence-corrected chi connectivity index (χ3v) is 2.31. The van der Waals surface area contributed by atoms with Crippen molar-refractivity contribution in [1.29, 1.82) is 0 Å². The standard InChI is InChI=1S/C12H21N5O3/c1-5-20-11-15-10(16-17-11)14-8(18)6-7-13-9(19)12(2,3)4/h5-7H2,1-4H3,(H,13,19)(H2,14,15,16,17,18). The number of aromatic amines is 1. The second-order valence-electron chi connectivity index (χ2n) is 5.20. The lowest BCUT2D eigenvalue weighted by molar-refractivity contribution is -0.128. The Bertz CT molecular complexity index is 464. The first kappa shape index (κ1) is 15.9. The first-order valence-corrected chi connectivity index (χ1v) is 6.46. The molecule has 0 aromatic carbocycles. The number of ether oxygens (including phenoxy) is 1. The minimum absolute atomic E-state index is 0.0939. The molecule has 1 aromatic rings. The van der Waals surface area contributed by atoms with Crippen LogP contribution in [-0.4, -0.2) is 40.1 Å². The highest BCUT2D eigenvalue weighted by atomic mass is 16.5. The molecule has 1 aromatic heterocycles. The van der Waals surface area contributed by atoms with Crippen molar-refractivity contribution in [2.75, 3.05) is 18.5 Å². The van der Waals surface area contributed by atoms with E-state index in [9.17, 15) is 9.59 Å². The third kappa shape index (κ3) is 5.25. The van der Waals surface area contributed by atoms with Crippen LogP contribution in [0.25, 0.3) is 0 Å². The average Bonchev–Trinajstić information content (AvgIpc) is 2.75. The van der Waals surface area contributed by atoms with Crippen LogP contribution in [0.3, 0.4) is 0 Å². The maximum absolute atomic E-state index is 11.6. The van der Waals surface area contributed by atoms with Gasteiger partial charge in [0, 0.05) is 18.4 Å². The van der Waals surface area contributed by atoms with Crippen molar-refractivity contribution < 1.29 is 14.3 Å². The fourth-order valence-electron chi connectivity index (χ4n) is 1.25. The van der Waals surface area contributed by atoms with Crippen molar-refractivity contribution in [1.82, 2.24) is 20.5 Å². The fraction of sp³-hybridized carbons (Fsp3) is 0.667. The highest BCUT2D eigenvalue weighted by Gasteiger charge is 2.20. The molecule has 2 amide bonds. The molecule has 112 valence electrons. The van der Waals surface area contributed by atoms with Gasteiger partial charge in [0.1, 0.15) is 0 Å². The van der Waals surface area contributed by atoms with Crippen molar-refractivity contribution in [2.45, 2.75) is 34.1 Å². The van der Waals surface area contributed by atoms with E-state index in [2.05, 4.69) is 25.8 Å². The van der Waals surface area contributed by atoms with Crippen molar-refractivity contribution in [2.24, 2.45) is 5.41 Å². The molecule has 20 heavy (non-hydrogen) atoms. The van der Waals surface area contributed by atoms with Gasteiger partial charge >= 0.3 is 6.01 Å². The number of rotatable bonds is 6. The number of H-pyrrole nitrogens is 1. The highest BCUT2D eigenvalue weighted by Crippen LogP contribution is 2.12. The quantitative estimate of drug-likeness (QED) is 0.712. The van der Waals surface area contributed by atoms with Gasteiger partial charge in [-0.1, -0.05) is 20.8 Å². The molecule has 0 unspecified atom stereocenters. The van der Waals surface area contributed by atoms with Crippen molar-refractivity contribution in [3.8, 4) is 6.01 Å². The van der Waals surface area contributed by atoms with Crippen LogP contribution in [0.5, 0.6) is 6.01 Å². The molecule has 0 saturated heterocycles. The Morgan fingerprint density at radius 1 is 1.35 bits per heavy atom. The van der Waals surface area contributed by atoms with E-state index >= 15 is 0 Å². The number of aromatic nitrogens is 3. The second-order valence-corrected chi connectivity index (χ2v) is 5.20. The molecule has 0 atom stereocenters. The second kappa shape index (κ2) is 6.88. The van der Waals surface area contributed by atoms with E-state index in [0.717, 1.165) is 0 Å². The largest absolute Gasteiger partial charge is 0.463 e. The van der Waals surface area contributed by atoms with Gasteiger partial charge in [0.15, 0.2) is 0 Å². The van der Waals surface area contributed by atoms with Gasteiger partial charge in [-0.15, -0.1) is 5.10 Å². The van der Waals surface area contributed by atoms with Crippen molar-refractivity contribution >= 4 is 17.8 Å². The molecule has 0 aliphatic heterocycles. The Balaban J connectivity index is 2.31. The first-order valence-electron chi connectivity index (χ1n) is 6.46. The summed E-state index contributed by atoms with van der Waals surface area (Å²) in [5.74, 6) is -0.136. The predicted octanol–water partition coefficient (Wildman–Crippen LogP) is 0.694. The SMILES string of the molecule is CCOc1n[nH]c(NC(=O)CCNC(=O)C(C)(C)C)n1.